The summed E-state index contributed by atoms with van der Waals surface area (Å²) in [6, 6.07) is 1.20. The first-order chi connectivity index (χ1) is 9.58. The van der Waals surface area contributed by atoms with Crippen LogP contribution in [0.5, 0.6) is 0 Å². The zero-order chi connectivity index (χ0) is 14.3. The lowest BCUT2D eigenvalue weighted by molar-refractivity contribution is -0.0372. The lowest BCUT2D eigenvalue weighted by Crippen LogP contribution is -2.19. The van der Waals surface area contributed by atoms with Crippen molar-refractivity contribution >= 4 is 45.2 Å². The second-order valence-corrected chi connectivity index (χ2v) is 6.00. The van der Waals surface area contributed by atoms with Crippen LogP contribution in [0, 0.1) is 3.70 Å². The van der Waals surface area contributed by atoms with Crippen LogP contribution in [0.25, 0.3) is 11.0 Å². The highest BCUT2D eigenvalue weighted by Gasteiger charge is 2.25. The molecule has 0 bridgehead atoms. The normalized spacial score (nSPS) is 19.9. The zero-order valence-electron chi connectivity index (χ0n) is 10.3. The summed E-state index contributed by atoms with van der Waals surface area (Å²) in [4.78, 5) is 4.16. The summed E-state index contributed by atoms with van der Waals surface area (Å²) >= 11 is 7.80. The van der Waals surface area contributed by atoms with E-state index in [9.17, 15) is 8.78 Å². The van der Waals surface area contributed by atoms with Crippen LogP contribution in [0.2, 0.25) is 5.15 Å². The molecular formula is C12H11ClF2IN3O. The monoisotopic (exact) mass is 413 g/mol. The van der Waals surface area contributed by atoms with Gasteiger partial charge in [0.1, 0.15) is 8.85 Å². The number of nitrogens with zero attached hydrogens (tertiary/aromatic N) is 3. The van der Waals surface area contributed by atoms with Gasteiger partial charge in [0.05, 0.1) is 5.39 Å². The van der Waals surface area contributed by atoms with Crippen molar-refractivity contribution in [1.29, 1.82) is 0 Å². The minimum Gasteiger partial charge on any atom is -0.356 e. The molecule has 1 fully saturated rings. The first-order valence-corrected chi connectivity index (χ1v) is 7.67. The van der Waals surface area contributed by atoms with Gasteiger partial charge < -0.3 is 4.74 Å². The van der Waals surface area contributed by atoms with Gasteiger partial charge in [-0.1, -0.05) is 11.6 Å². The highest BCUT2D eigenvalue weighted by Crippen LogP contribution is 2.34. The van der Waals surface area contributed by atoms with E-state index in [4.69, 9.17) is 16.3 Å². The number of fused-ring (bicyclic) bond motifs is 1. The van der Waals surface area contributed by atoms with Crippen molar-refractivity contribution < 1.29 is 13.5 Å². The van der Waals surface area contributed by atoms with Crippen LogP contribution in [-0.4, -0.2) is 21.4 Å². The van der Waals surface area contributed by atoms with Crippen LogP contribution in [-0.2, 0) is 4.74 Å². The summed E-state index contributed by atoms with van der Waals surface area (Å²) in [5.74, 6) is 0. The number of alkyl halides is 2. The summed E-state index contributed by atoms with van der Waals surface area (Å²) in [6.07, 6.45) is -0.0539. The Balaban J connectivity index is 2.19. The lowest BCUT2D eigenvalue weighted by atomic mass is 10.2. The van der Waals surface area contributed by atoms with Gasteiger partial charge >= 0.3 is 0 Å². The Labute approximate surface area is 132 Å². The predicted molar refractivity (Wildman–Crippen MR) is 79.1 cm³/mol. The second kappa shape index (κ2) is 5.69. The van der Waals surface area contributed by atoms with Crippen LogP contribution in [0.15, 0.2) is 6.07 Å². The Morgan fingerprint density at radius 3 is 2.90 bits per heavy atom. The summed E-state index contributed by atoms with van der Waals surface area (Å²) < 4.78 is 34.0. The van der Waals surface area contributed by atoms with E-state index in [-0.39, 0.29) is 16.9 Å². The van der Waals surface area contributed by atoms with Crippen molar-refractivity contribution in [2.45, 2.75) is 31.9 Å². The van der Waals surface area contributed by atoms with Crippen LogP contribution >= 0.6 is 34.2 Å². The molecule has 108 valence electrons. The molecule has 0 saturated carbocycles. The third-order valence-corrected chi connectivity index (χ3v) is 4.23. The smallest absolute Gasteiger partial charge is 0.264 e. The number of hydrogen-bond acceptors (Lipinski definition) is 3. The van der Waals surface area contributed by atoms with Crippen molar-refractivity contribution in [3.05, 3.63) is 20.5 Å². The van der Waals surface area contributed by atoms with E-state index in [1.165, 1.54) is 6.07 Å². The van der Waals surface area contributed by atoms with E-state index in [1.807, 2.05) is 22.6 Å². The Bertz CT molecular complexity index is 643. The quantitative estimate of drug-likeness (QED) is 0.544. The largest absolute Gasteiger partial charge is 0.356 e. The molecule has 2 aromatic rings. The highest BCUT2D eigenvalue weighted by molar-refractivity contribution is 14.1. The van der Waals surface area contributed by atoms with Gasteiger partial charge in [-0.3, -0.25) is 0 Å². The maximum absolute atomic E-state index is 13.2. The van der Waals surface area contributed by atoms with Gasteiger partial charge in [0.2, 0.25) is 0 Å². The minimum absolute atomic E-state index is 0.0427. The van der Waals surface area contributed by atoms with Gasteiger partial charge in [0, 0.05) is 12.2 Å². The van der Waals surface area contributed by atoms with E-state index in [0.717, 1.165) is 19.3 Å². The molecule has 1 aliphatic heterocycles. The van der Waals surface area contributed by atoms with Crippen LogP contribution in [0.3, 0.4) is 0 Å². The van der Waals surface area contributed by atoms with Crippen molar-refractivity contribution in [3.63, 3.8) is 0 Å². The Kier molecular flexibility index (Phi) is 4.09. The summed E-state index contributed by atoms with van der Waals surface area (Å²) in [5, 5.41) is 4.72. The highest BCUT2D eigenvalue weighted by atomic mass is 127. The third-order valence-electron chi connectivity index (χ3n) is 3.28. The zero-order valence-corrected chi connectivity index (χ0v) is 13.2. The molecule has 1 atom stereocenters. The standard InChI is InChI=1S/C12H11ClF2IN3O/c13-7-5-6(10(14)15)9-11(16)18-19(12(9)17-7)8-3-1-2-4-20-8/h5,8,10H,1-4H2. The summed E-state index contributed by atoms with van der Waals surface area (Å²) in [7, 11) is 0. The van der Waals surface area contributed by atoms with Crippen molar-refractivity contribution in [1.82, 2.24) is 14.8 Å². The molecule has 0 amide bonds. The van der Waals surface area contributed by atoms with E-state index in [1.54, 1.807) is 4.68 Å². The van der Waals surface area contributed by atoms with Gasteiger partial charge in [-0.15, -0.1) is 0 Å². The van der Waals surface area contributed by atoms with Crippen LogP contribution in [0.1, 0.15) is 37.5 Å². The molecule has 0 radical (unpaired) electrons. The van der Waals surface area contributed by atoms with Crippen LogP contribution in [0.4, 0.5) is 8.78 Å². The number of rotatable bonds is 2. The fourth-order valence-corrected chi connectivity index (χ4v) is 3.36. The van der Waals surface area contributed by atoms with Gasteiger partial charge in [0.15, 0.2) is 11.9 Å². The van der Waals surface area contributed by atoms with Gasteiger partial charge in [-0.25, -0.2) is 18.4 Å². The third kappa shape index (κ3) is 2.50. The second-order valence-electron chi connectivity index (χ2n) is 4.59. The topological polar surface area (TPSA) is 39.9 Å². The number of halogens is 4. The fraction of sp³-hybridized carbons (Fsp3) is 0.500. The van der Waals surface area contributed by atoms with Crippen molar-refractivity contribution in [2.75, 3.05) is 6.61 Å². The minimum atomic E-state index is -2.61. The molecule has 0 aliphatic carbocycles. The molecule has 20 heavy (non-hydrogen) atoms. The molecule has 3 heterocycles. The Morgan fingerprint density at radius 2 is 2.25 bits per heavy atom. The number of aromatic nitrogens is 3. The van der Waals surface area contributed by atoms with Crippen LogP contribution < -0.4 is 0 Å². The van der Waals surface area contributed by atoms with E-state index in [0.29, 0.717) is 21.3 Å². The number of hydrogen-bond donors (Lipinski definition) is 0. The van der Waals surface area contributed by atoms with Gasteiger partial charge in [-0.2, -0.15) is 5.10 Å². The SMILES string of the molecule is FC(F)c1cc(Cl)nc2c1c(I)nn2C1CCCCO1. The van der Waals surface area contributed by atoms with Crippen molar-refractivity contribution in [3.8, 4) is 0 Å². The average Bonchev–Trinajstić information content (AvgIpc) is 2.76. The molecule has 0 spiro atoms. The van der Waals surface area contributed by atoms with Gasteiger partial charge in [-0.05, 0) is 47.9 Å². The van der Waals surface area contributed by atoms with E-state index < -0.39 is 6.43 Å². The molecule has 0 aromatic carbocycles. The predicted octanol–water partition coefficient (Wildman–Crippen LogP) is 4.33. The van der Waals surface area contributed by atoms with Crippen molar-refractivity contribution in [2.24, 2.45) is 0 Å². The molecule has 1 saturated heterocycles. The molecule has 4 nitrogen and oxygen atoms in total. The summed E-state index contributed by atoms with van der Waals surface area (Å²) in [6.45, 7) is 0.644. The van der Waals surface area contributed by atoms with E-state index in [2.05, 4.69) is 10.1 Å². The molecule has 0 N–H and O–H groups in total. The lowest BCUT2D eigenvalue weighted by Gasteiger charge is -2.23. The molecule has 1 unspecified atom stereocenters. The first-order valence-electron chi connectivity index (χ1n) is 6.22. The Morgan fingerprint density at radius 1 is 1.45 bits per heavy atom. The first kappa shape index (κ1) is 14.4. The summed E-state index contributed by atoms with van der Waals surface area (Å²) in [5.41, 5.74) is 0.232. The maximum atomic E-state index is 13.2. The molecule has 2 aromatic heterocycles. The number of pyridine rings is 1. The number of ether oxygens (including phenoxy) is 1. The van der Waals surface area contributed by atoms with Gasteiger partial charge in [0.25, 0.3) is 6.43 Å². The Hall–Kier alpha value is -0.540. The van der Waals surface area contributed by atoms with E-state index >= 15 is 0 Å². The maximum Gasteiger partial charge on any atom is 0.264 e. The molecule has 3 rings (SSSR count). The molecular weight excluding hydrogens is 403 g/mol. The molecule has 1 aliphatic rings. The molecule has 8 heteroatoms. The fourth-order valence-electron chi connectivity index (χ4n) is 2.38. The average molecular weight is 414 g/mol.